The van der Waals surface area contributed by atoms with Crippen molar-refractivity contribution in [2.24, 2.45) is 0 Å². The van der Waals surface area contributed by atoms with Gasteiger partial charge in [-0.1, -0.05) is 53.6 Å². The summed E-state index contributed by atoms with van der Waals surface area (Å²) in [5.41, 5.74) is 1.95. The van der Waals surface area contributed by atoms with E-state index in [4.69, 9.17) is 11.6 Å². The van der Waals surface area contributed by atoms with Gasteiger partial charge in [0.15, 0.2) is 0 Å². The molecule has 2 amide bonds. The van der Waals surface area contributed by atoms with Crippen LogP contribution < -0.4 is 5.32 Å². The van der Waals surface area contributed by atoms with Crippen LogP contribution in [-0.4, -0.2) is 55.6 Å². The molecule has 1 fully saturated rings. The molecule has 0 aromatic heterocycles. The molecule has 0 saturated carbocycles. The summed E-state index contributed by atoms with van der Waals surface area (Å²) in [6.45, 7) is 4.33. The van der Waals surface area contributed by atoms with E-state index in [0.717, 1.165) is 11.1 Å². The third-order valence-corrected chi connectivity index (χ3v) is 7.68. The van der Waals surface area contributed by atoms with E-state index in [1.807, 2.05) is 31.2 Å². The lowest BCUT2D eigenvalue weighted by Gasteiger charge is -2.35. The highest BCUT2D eigenvalue weighted by Crippen LogP contribution is 2.25. The number of hydrogen-bond acceptors (Lipinski definition) is 4. The normalized spacial score (nSPS) is 16.0. The lowest BCUT2D eigenvalue weighted by Crippen LogP contribution is -2.51. The van der Waals surface area contributed by atoms with Gasteiger partial charge in [-0.25, -0.2) is 8.42 Å². The van der Waals surface area contributed by atoms with Crippen molar-refractivity contribution in [1.29, 1.82) is 0 Å². The monoisotopic (exact) mass is 463 g/mol. The first-order valence-electron chi connectivity index (χ1n) is 10.0. The summed E-state index contributed by atoms with van der Waals surface area (Å²) >= 11 is 6.07. The summed E-state index contributed by atoms with van der Waals surface area (Å²) in [6, 6.07) is 13.6. The van der Waals surface area contributed by atoms with Gasteiger partial charge in [0.1, 0.15) is 4.90 Å². The lowest BCUT2D eigenvalue weighted by atomic mass is 10.0. The number of hydrogen-bond donors (Lipinski definition) is 1. The van der Waals surface area contributed by atoms with Gasteiger partial charge in [0.25, 0.3) is 0 Å². The highest BCUT2D eigenvalue weighted by molar-refractivity contribution is 7.89. The largest absolute Gasteiger partial charge is 0.349 e. The van der Waals surface area contributed by atoms with Crippen LogP contribution in [0.25, 0.3) is 0 Å². The molecule has 1 N–H and O–H groups in total. The number of aryl methyl sites for hydroxylation is 1. The number of sulfonamides is 1. The first-order chi connectivity index (χ1) is 14.7. The SMILES string of the molecule is CC(=O)NC(CC(=O)N1CCN(S(=O)(=O)c2ccccc2Cl)CC1)c1ccc(C)cc1. The van der Waals surface area contributed by atoms with Gasteiger partial charge in [-0.2, -0.15) is 4.31 Å². The second-order valence-electron chi connectivity index (χ2n) is 7.58. The number of rotatable bonds is 6. The smallest absolute Gasteiger partial charge is 0.244 e. The van der Waals surface area contributed by atoms with Gasteiger partial charge in [-0.15, -0.1) is 0 Å². The molecule has 31 heavy (non-hydrogen) atoms. The minimum atomic E-state index is -3.72. The predicted molar refractivity (Wildman–Crippen MR) is 119 cm³/mol. The van der Waals surface area contributed by atoms with E-state index in [2.05, 4.69) is 5.32 Å². The number of nitrogens with one attached hydrogen (secondary N) is 1. The summed E-state index contributed by atoms with van der Waals surface area (Å²) in [6.07, 6.45) is 0.111. The Bertz CT molecular complexity index is 1050. The number of nitrogens with zero attached hydrogens (tertiary/aromatic N) is 2. The Balaban J connectivity index is 1.65. The van der Waals surface area contributed by atoms with Crippen LogP contribution in [0.5, 0.6) is 0 Å². The molecular weight excluding hydrogens is 438 g/mol. The van der Waals surface area contributed by atoms with Gasteiger partial charge in [-0.3, -0.25) is 9.59 Å². The Hall–Kier alpha value is -2.42. The standard InChI is InChI=1S/C22H26ClN3O4S/c1-16-7-9-18(10-8-16)20(24-17(2)27)15-22(28)25-11-13-26(14-12-25)31(29,30)21-6-4-3-5-19(21)23/h3-10,20H,11-15H2,1-2H3,(H,24,27). The highest BCUT2D eigenvalue weighted by atomic mass is 35.5. The van der Waals surface area contributed by atoms with Crippen LogP contribution in [0.3, 0.4) is 0 Å². The maximum Gasteiger partial charge on any atom is 0.244 e. The highest BCUT2D eigenvalue weighted by Gasteiger charge is 2.32. The van der Waals surface area contributed by atoms with Crippen LogP contribution in [0.2, 0.25) is 5.02 Å². The Morgan fingerprint density at radius 3 is 2.23 bits per heavy atom. The number of halogens is 1. The maximum atomic E-state index is 12.9. The minimum Gasteiger partial charge on any atom is -0.349 e. The number of carbonyl (C=O) groups excluding carboxylic acids is 2. The molecule has 3 rings (SSSR count). The molecule has 0 radical (unpaired) electrons. The van der Waals surface area contributed by atoms with Crippen molar-refractivity contribution >= 4 is 33.4 Å². The first-order valence-corrected chi connectivity index (χ1v) is 11.9. The van der Waals surface area contributed by atoms with Crippen molar-refractivity contribution in [1.82, 2.24) is 14.5 Å². The van der Waals surface area contributed by atoms with E-state index in [0.29, 0.717) is 0 Å². The molecule has 1 atom stereocenters. The van der Waals surface area contributed by atoms with E-state index >= 15 is 0 Å². The molecule has 0 aliphatic carbocycles. The molecule has 2 aromatic carbocycles. The zero-order chi connectivity index (χ0) is 22.6. The molecule has 166 valence electrons. The fourth-order valence-electron chi connectivity index (χ4n) is 3.57. The van der Waals surface area contributed by atoms with Crippen LogP contribution in [-0.2, 0) is 19.6 Å². The van der Waals surface area contributed by atoms with Crippen molar-refractivity contribution < 1.29 is 18.0 Å². The second kappa shape index (κ2) is 9.80. The quantitative estimate of drug-likeness (QED) is 0.713. The number of piperazine rings is 1. The van der Waals surface area contributed by atoms with Gasteiger partial charge in [-0.05, 0) is 24.6 Å². The molecule has 9 heteroatoms. The molecule has 7 nitrogen and oxygen atoms in total. The summed E-state index contributed by atoms with van der Waals surface area (Å²) in [5, 5.41) is 3.02. The van der Waals surface area contributed by atoms with E-state index in [1.165, 1.54) is 17.3 Å². The maximum absolute atomic E-state index is 12.9. The van der Waals surface area contributed by atoms with Crippen molar-refractivity contribution in [2.45, 2.75) is 31.2 Å². The predicted octanol–water partition coefficient (Wildman–Crippen LogP) is 2.75. The van der Waals surface area contributed by atoms with Gasteiger partial charge in [0.2, 0.25) is 21.8 Å². The molecule has 1 aliphatic heterocycles. The van der Waals surface area contributed by atoms with Gasteiger partial charge >= 0.3 is 0 Å². The third-order valence-electron chi connectivity index (χ3n) is 5.28. The van der Waals surface area contributed by atoms with Crippen LogP contribution >= 0.6 is 11.6 Å². The molecule has 1 heterocycles. The molecule has 2 aromatic rings. The van der Waals surface area contributed by atoms with E-state index in [-0.39, 0.29) is 54.3 Å². The van der Waals surface area contributed by atoms with Crippen molar-refractivity contribution in [3.05, 3.63) is 64.7 Å². The number of carbonyl (C=O) groups is 2. The topological polar surface area (TPSA) is 86.8 Å². The van der Waals surface area contributed by atoms with E-state index in [1.54, 1.807) is 23.1 Å². The van der Waals surface area contributed by atoms with Crippen LogP contribution in [0.1, 0.15) is 30.5 Å². The average Bonchev–Trinajstić information content (AvgIpc) is 2.73. The van der Waals surface area contributed by atoms with E-state index < -0.39 is 16.1 Å². The first kappa shape index (κ1) is 23.2. The Morgan fingerprint density at radius 2 is 1.65 bits per heavy atom. The molecule has 0 spiro atoms. The summed E-state index contributed by atoms with van der Waals surface area (Å²) in [7, 11) is -3.72. The van der Waals surface area contributed by atoms with Gasteiger partial charge in [0.05, 0.1) is 17.5 Å². The number of benzene rings is 2. The van der Waals surface area contributed by atoms with Crippen molar-refractivity contribution in [3.8, 4) is 0 Å². The van der Waals surface area contributed by atoms with Crippen molar-refractivity contribution in [3.63, 3.8) is 0 Å². The zero-order valence-corrected chi connectivity index (χ0v) is 19.1. The van der Waals surface area contributed by atoms with Crippen LogP contribution in [0.4, 0.5) is 0 Å². The molecule has 1 unspecified atom stereocenters. The molecular formula is C22H26ClN3O4S. The fraction of sp³-hybridized carbons (Fsp3) is 0.364. The minimum absolute atomic E-state index is 0.0709. The average molecular weight is 464 g/mol. The fourth-order valence-corrected chi connectivity index (χ4v) is 5.49. The Morgan fingerprint density at radius 1 is 1.03 bits per heavy atom. The van der Waals surface area contributed by atoms with Gasteiger partial charge < -0.3 is 10.2 Å². The summed E-state index contributed by atoms with van der Waals surface area (Å²) in [4.78, 5) is 26.3. The molecule has 1 aliphatic rings. The molecule has 0 bridgehead atoms. The summed E-state index contributed by atoms with van der Waals surface area (Å²) < 4.78 is 27.1. The Kier molecular flexibility index (Phi) is 7.35. The molecule has 1 saturated heterocycles. The lowest BCUT2D eigenvalue weighted by molar-refractivity contribution is -0.133. The Labute approximate surface area is 188 Å². The van der Waals surface area contributed by atoms with Crippen LogP contribution in [0.15, 0.2) is 53.4 Å². The van der Waals surface area contributed by atoms with Gasteiger partial charge in [0, 0.05) is 33.1 Å². The second-order valence-corrected chi connectivity index (χ2v) is 9.90. The number of amides is 2. The van der Waals surface area contributed by atoms with Crippen LogP contribution in [0, 0.1) is 6.92 Å². The third kappa shape index (κ3) is 5.64. The zero-order valence-electron chi connectivity index (χ0n) is 17.5. The van der Waals surface area contributed by atoms with Crippen molar-refractivity contribution in [2.75, 3.05) is 26.2 Å². The summed E-state index contributed by atoms with van der Waals surface area (Å²) in [5.74, 6) is -0.344. The van der Waals surface area contributed by atoms with E-state index in [9.17, 15) is 18.0 Å².